The van der Waals surface area contributed by atoms with Crippen molar-refractivity contribution in [2.75, 3.05) is 13.2 Å². The van der Waals surface area contributed by atoms with Crippen LogP contribution < -0.4 is 20.3 Å². The molecule has 2 aromatic rings. The van der Waals surface area contributed by atoms with Gasteiger partial charge in [0.25, 0.3) is 11.8 Å². The highest BCUT2D eigenvalue weighted by Crippen LogP contribution is 2.21. The Labute approximate surface area is 161 Å². The maximum absolute atomic E-state index is 12.0. The third-order valence-corrected chi connectivity index (χ3v) is 4.29. The van der Waals surface area contributed by atoms with Crippen molar-refractivity contribution in [3.63, 3.8) is 0 Å². The summed E-state index contributed by atoms with van der Waals surface area (Å²) in [5.74, 6) is 0.405. The highest BCUT2D eigenvalue weighted by molar-refractivity contribution is 9.10. The number of benzene rings is 2. The lowest BCUT2D eigenvalue weighted by Crippen LogP contribution is -2.43. The van der Waals surface area contributed by atoms with Crippen LogP contribution in [-0.2, 0) is 4.79 Å². The van der Waals surface area contributed by atoms with E-state index in [1.54, 1.807) is 30.3 Å². The lowest BCUT2D eigenvalue weighted by atomic mass is 10.2. The van der Waals surface area contributed by atoms with E-state index in [-0.39, 0.29) is 6.61 Å². The van der Waals surface area contributed by atoms with E-state index in [1.165, 1.54) is 0 Å². The zero-order chi connectivity index (χ0) is 18.9. The number of aryl methyl sites for hydroxylation is 1. The van der Waals surface area contributed by atoms with Crippen LogP contribution in [0.25, 0.3) is 0 Å². The molecular formula is C19H21BrN2O4. The molecule has 0 atom stereocenters. The molecule has 0 aliphatic heterocycles. The second-order valence-corrected chi connectivity index (χ2v) is 6.43. The first-order valence-electron chi connectivity index (χ1n) is 8.20. The quantitative estimate of drug-likeness (QED) is 0.673. The van der Waals surface area contributed by atoms with E-state index in [0.717, 1.165) is 16.5 Å². The molecule has 138 valence electrons. The van der Waals surface area contributed by atoms with Crippen LogP contribution in [0.1, 0.15) is 29.3 Å². The molecule has 0 aliphatic carbocycles. The van der Waals surface area contributed by atoms with Gasteiger partial charge in [0.05, 0.1) is 6.61 Å². The van der Waals surface area contributed by atoms with Crippen molar-refractivity contribution in [1.82, 2.24) is 10.9 Å². The Morgan fingerprint density at radius 1 is 1.00 bits per heavy atom. The van der Waals surface area contributed by atoms with Gasteiger partial charge in [-0.2, -0.15) is 0 Å². The summed E-state index contributed by atoms with van der Waals surface area (Å²) in [6.45, 7) is 4.37. The average molecular weight is 421 g/mol. The van der Waals surface area contributed by atoms with Gasteiger partial charge in [-0.15, -0.1) is 0 Å². The van der Waals surface area contributed by atoms with Gasteiger partial charge in [-0.1, -0.05) is 22.9 Å². The van der Waals surface area contributed by atoms with Crippen LogP contribution in [0.5, 0.6) is 11.5 Å². The van der Waals surface area contributed by atoms with Crippen molar-refractivity contribution in [3.8, 4) is 11.5 Å². The number of ether oxygens (including phenoxy) is 2. The van der Waals surface area contributed by atoms with Gasteiger partial charge < -0.3 is 9.47 Å². The standard InChI is InChI=1S/C19H21BrN2O4/c1-3-10-25-15-6-4-14(5-7-15)19(24)22-21-18(23)12-26-16-8-9-17(20)13(2)11-16/h4-9,11H,3,10,12H2,1-2H3,(H,21,23)(H,22,24). The monoisotopic (exact) mass is 420 g/mol. The summed E-state index contributed by atoms with van der Waals surface area (Å²) < 4.78 is 11.8. The Morgan fingerprint density at radius 3 is 2.35 bits per heavy atom. The number of halogens is 1. The second-order valence-electron chi connectivity index (χ2n) is 5.57. The molecule has 0 aliphatic rings. The first kappa shape index (κ1) is 19.8. The zero-order valence-electron chi connectivity index (χ0n) is 14.7. The molecule has 2 amide bonds. The Morgan fingerprint density at radius 2 is 1.69 bits per heavy atom. The Bertz CT molecular complexity index is 763. The maximum atomic E-state index is 12.0. The molecular weight excluding hydrogens is 400 g/mol. The number of carbonyl (C=O) groups is 2. The maximum Gasteiger partial charge on any atom is 0.276 e. The van der Waals surface area contributed by atoms with E-state index in [9.17, 15) is 9.59 Å². The van der Waals surface area contributed by atoms with Gasteiger partial charge in [-0.05, 0) is 61.4 Å². The largest absolute Gasteiger partial charge is 0.494 e. The third-order valence-electron chi connectivity index (χ3n) is 3.40. The number of carbonyl (C=O) groups excluding carboxylic acids is 2. The molecule has 0 radical (unpaired) electrons. The van der Waals surface area contributed by atoms with Crippen LogP contribution in [0.2, 0.25) is 0 Å². The molecule has 7 heteroatoms. The van der Waals surface area contributed by atoms with Gasteiger partial charge in [-0.3, -0.25) is 20.4 Å². The minimum atomic E-state index is -0.457. The van der Waals surface area contributed by atoms with Crippen molar-refractivity contribution in [1.29, 1.82) is 0 Å². The summed E-state index contributed by atoms with van der Waals surface area (Å²) in [7, 11) is 0. The molecule has 6 nitrogen and oxygen atoms in total. The third kappa shape index (κ3) is 6.07. The summed E-state index contributed by atoms with van der Waals surface area (Å²) in [6, 6.07) is 12.1. The average Bonchev–Trinajstić information content (AvgIpc) is 2.65. The summed E-state index contributed by atoms with van der Waals surface area (Å²) in [4.78, 5) is 23.8. The van der Waals surface area contributed by atoms with Gasteiger partial charge in [0, 0.05) is 10.0 Å². The van der Waals surface area contributed by atoms with Crippen LogP contribution >= 0.6 is 15.9 Å². The van der Waals surface area contributed by atoms with Crippen LogP contribution in [0.4, 0.5) is 0 Å². The molecule has 0 saturated carbocycles. The number of hydrazine groups is 1. The van der Waals surface area contributed by atoms with E-state index in [0.29, 0.717) is 23.7 Å². The van der Waals surface area contributed by atoms with Gasteiger partial charge in [-0.25, -0.2) is 0 Å². The fraction of sp³-hybridized carbons (Fsp3) is 0.263. The molecule has 0 heterocycles. The first-order chi connectivity index (χ1) is 12.5. The molecule has 0 fully saturated rings. The molecule has 0 bridgehead atoms. The van der Waals surface area contributed by atoms with Crippen molar-refractivity contribution < 1.29 is 19.1 Å². The minimum Gasteiger partial charge on any atom is -0.494 e. The number of hydrogen-bond donors (Lipinski definition) is 2. The van der Waals surface area contributed by atoms with Gasteiger partial charge in [0.15, 0.2) is 6.61 Å². The molecule has 26 heavy (non-hydrogen) atoms. The second kappa shape index (κ2) is 9.82. The summed E-state index contributed by atoms with van der Waals surface area (Å²) in [5.41, 5.74) is 6.09. The molecule has 0 saturated heterocycles. The lowest BCUT2D eigenvalue weighted by molar-refractivity contribution is -0.123. The van der Waals surface area contributed by atoms with Gasteiger partial charge in [0.2, 0.25) is 0 Å². The van der Waals surface area contributed by atoms with E-state index in [1.807, 2.05) is 26.0 Å². The Kier molecular flexibility index (Phi) is 7.47. The number of nitrogens with one attached hydrogen (secondary N) is 2. The van der Waals surface area contributed by atoms with Crippen molar-refractivity contribution >= 4 is 27.7 Å². The van der Waals surface area contributed by atoms with E-state index in [4.69, 9.17) is 9.47 Å². The van der Waals surface area contributed by atoms with Crippen LogP contribution in [-0.4, -0.2) is 25.0 Å². The molecule has 2 N–H and O–H groups in total. The fourth-order valence-corrected chi connectivity index (χ4v) is 2.26. The fourth-order valence-electron chi connectivity index (χ4n) is 2.01. The Balaban J connectivity index is 1.77. The number of rotatable bonds is 7. The summed E-state index contributed by atoms with van der Waals surface area (Å²) in [6.07, 6.45) is 0.913. The smallest absolute Gasteiger partial charge is 0.276 e. The minimum absolute atomic E-state index is 0.203. The molecule has 0 spiro atoms. The molecule has 0 unspecified atom stereocenters. The van der Waals surface area contributed by atoms with Gasteiger partial charge >= 0.3 is 0 Å². The molecule has 2 rings (SSSR count). The van der Waals surface area contributed by atoms with Crippen molar-refractivity contribution in [3.05, 3.63) is 58.1 Å². The van der Waals surface area contributed by atoms with Crippen LogP contribution in [0.15, 0.2) is 46.9 Å². The predicted octanol–water partition coefficient (Wildman–Crippen LogP) is 3.39. The molecule has 2 aromatic carbocycles. The predicted molar refractivity (Wildman–Crippen MR) is 102 cm³/mol. The van der Waals surface area contributed by atoms with Gasteiger partial charge in [0.1, 0.15) is 11.5 Å². The Hall–Kier alpha value is -2.54. The van der Waals surface area contributed by atoms with Crippen LogP contribution in [0.3, 0.4) is 0 Å². The topological polar surface area (TPSA) is 76.7 Å². The van der Waals surface area contributed by atoms with E-state index < -0.39 is 11.8 Å². The lowest BCUT2D eigenvalue weighted by Gasteiger charge is -2.10. The molecule has 0 aromatic heterocycles. The zero-order valence-corrected chi connectivity index (χ0v) is 16.3. The van der Waals surface area contributed by atoms with E-state index in [2.05, 4.69) is 26.8 Å². The van der Waals surface area contributed by atoms with Crippen molar-refractivity contribution in [2.45, 2.75) is 20.3 Å². The highest BCUT2D eigenvalue weighted by atomic mass is 79.9. The number of hydrogen-bond acceptors (Lipinski definition) is 4. The number of amides is 2. The van der Waals surface area contributed by atoms with E-state index >= 15 is 0 Å². The van der Waals surface area contributed by atoms with Crippen molar-refractivity contribution in [2.24, 2.45) is 0 Å². The SMILES string of the molecule is CCCOc1ccc(C(=O)NNC(=O)COc2ccc(Br)c(C)c2)cc1. The summed E-state index contributed by atoms with van der Waals surface area (Å²) >= 11 is 3.40. The normalized spacial score (nSPS) is 10.1. The highest BCUT2D eigenvalue weighted by Gasteiger charge is 2.08. The summed E-state index contributed by atoms with van der Waals surface area (Å²) in [5, 5.41) is 0. The van der Waals surface area contributed by atoms with Crippen LogP contribution in [0, 0.1) is 6.92 Å². The first-order valence-corrected chi connectivity index (χ1v) is 9.00.